The van der Waals surface area contributed by atoms with Crippen molar-refractivity contribution in [3.8, 4) is 11.5 Å². The number of benzene rings is 2. The van der Waals surface area contributed by atoms with E-state index in [1.807, 2.05) is 61.5 Å². The summed E-state index contributed by atoms with van der Waals surface area (Å²) in [6, 6.07) is 15.3. The second-order valence-electron chi connectivity index (χ2n) is 8.25. The summed E-state index contributed by atoms with van der Waals surface area (Å²) in [5.41, 5.74) is 3.32. The Hall–Kier alpha value is -3.63. The molecule has 1 aromatic heterocycles. The Kier molecular flexibility index (Phi) is 6.76. The summed E-state index contributed by atoms with van der Waals surface area (Å²) < 4.78 is 5.41. The van der Waals surface area contributed by atoms with Crippen molar-refractivity contribution in [2.75, 3.05) is 6.54 Å². The lowest BCUT2D eigenvalue weighted by atomic mass is 10.1. The van der Waals surface area contributed by atoms with Crippen molar-refractivity contribution in [1.82, 2.24) is 20.5 Å². The zero-order valence-corrected chi connectivity index (χ0v) is 19.2. The molecule has 0 radical (unpaired) electrons. The van der Waals surface area contributed by atoms with Crippen molar-refractivity contribution < 1.29 is 9.32 Å². The van der Waals surface area contributed by atoms with Gasteiger partial charge in [-0.1, -0.05) is 41.0 Å². The number of nitrogens with zero attached hydrogens (tertiary/aromatic N) is 4. The third kappa shape index (κ3) is 5.60. The quantitative estimate of drug-likeness (QED) is 0.421. The number of nitrogens with one attached hydrogen (secondary N) is 1. The fraction of sp³-hybridized carbons (Fsp3) is 0.280. The predicted octanol–water partition coefficient (Wildman–Crippen LogP) is 4.80. The molecule has 7 nitrogen and oxygen atoms in total. The van der Waals surface area contributed by atoms with E-state index in [4.69, 9.17) is 22.7 Å². The van der Waals surface area contributed by atoms with E-state index in [0.717, 1.165) is 23.1 Å². The summed E-state index contributed by atoms with van der Waals surface area (Å²) in [6.45, 7) is 11.5. The van der Waals surface area contributed by atoms with Gasteiger partial charge < -0.3 is 9.84 Å². The molecule has 0 spiro atoms. The third-order valence-corrected chi connectivity index (χ3v) is 5.86. The fourth-order valence-electron chi connectivity index (χ4n) is 3.87. The van der Waals surface area contributed by atoms with Gasteiger partial charge in [-0.2, -0.15) is 16.5 Å². The molecular weight excluding hydrogens is 438 g/mol. The number of halogens is 1. The van der Waals surface area contributed by atoms with Gasteiger partial charge in [0.05, 0.1) is 12.1 Å². The molecule has 33 heavy (non-hydrogen) atoms. The van der Waals surface area contributed by atoms with Crippen LogP contribution in [0.2, 0.25) is 5.02 Å². The van der Waals surface area contributed by atoms with Crippen LogP contribution in [0.1, 0.15) is 37.2 Å². The van der Waals surface area contributed by atoms with Gasteiger partial charge in [0, 0.05) is 22.6 Å². The molecule has 1 amide bonds. The van der Waals surface area contributed by atoms with Crippen LogP contribution in [-0.4, -0.2) is 39.7 Å². The highest BCUT2D eigenvalue weighted by Gasteiger charge is 2.33. The van der Waals surface area contributed by atoms with Gasteiger partial charge in [0.25, 0.3) is 5.89 Å². The average molecular weight is 462 g/mol. The van der Waals surface area contributed by atoms with E-state index < -0.39 is 0 Å². The van der Waals surface area contributed by atoms with E-state index in [2.05, 4.69) is 20.4 Å². The first-order valence-electron chi connectivity index (χ1n) is 10.7. The van der Waals surface area contributed by atoms with Crippen LogP contribution in [0.3, 0.4) is 0 Å². The van der Waals surface area contributed by atoms with Crippen LogP contribution >= 0.6 is 11.6 Å². The lowest BCUT2D eigenvalue weighted by molar-refractivity contribution is -0.117. The molecule has 1 aliphatic heterocycles. The van der Waals surface area contributed by atoms with Crippen molar-refractivity contribution in [3.05, 3.63) is 87.6 Å². The normalized spacial score (nSPS) is 18.2. The van der Waals surface area contributed by atoms with Crippen molar-refractivity contribution in [1.29, 1.82) is 0 Å². The average Bonchev–Trinajstić information content (AvgIpc) is 3.40. The summed E-state index contributed by atoms with van der Waals surface area (Å²) in [5, 5.41) is 9.44. The number of hydrogen-bond donors (Lipinski definition) is 1. The third-order valence-electron chi connectivity index (χ3n) is 5.62. The molecule has 1 N–H and O–H groups in total. The first-order valence-corrected chi connectivity index (χ1v) is 11.1. The molecule has 0 bridgehead atoms. The van der Waals surface area contributed by atoms with Gasteiger partial charge in [-0.05, 0) is 61.7 Å². The monoisotopic (exact) mass is 461 g/mol. The summed E-state index contributed by atoms with van der Waals surface area (Å²) in [5.74, 6) is 0.907. The highest BCUT2D eigenvalue weighted by Crippen LogP contribution is 2.21. The molecule has 4 rings (SSSR count). The molecule has 2 atom stereocenters. The summed E-state index contributed by atoms with van der Waals surface area (Å²) in [6.07, 6.45) is 3.15. The molecular formula is C25H24ClN5O2. The maximum absolute atomic E-state index is 12.6. The van der Waals surface area contributed by atoms with Gasteiger partial charge in [-0.3, -0.25) is 4.79 Å². The van der Waals surface area contributed by atoms with E-state index in [1.165, 1.54) is 0 Å². The Morgan fingerprint density at radius 3 is 2.82 bits per heavy atom. The van der Waals surface area contributed by atoms with Crippen LogP contribution in [0, 0.1) is 6.57 Å². The van der Waals surface area contributed by atoms with E-state index in [-0.39, 0.29) is 18.0 Å². The Bertz CT molecular complexity index is 1210. The zero-order chi connectivity index (χ0) is 23.4. The zero-order valence-electron chi connectivity index (χ0n) is 18.5. The van der Waals surface area contributed by atoms with Gasteiger partial charge in [-0.25, -0.2) is 0 Å². The van der Waals surface area contributed by atoms with Crippen molar-refractivity contribution >= 4 is 23.6 Å². The Morgan fingerprint density at radius 1 is 1.33 bits per heavy atom. The van der Waals surface area contributed by atoms with Crippen molar-refractivity contribution in [2.45, 2.75) is 38.8 Å². The van der Waals surface area contributed by atoms with Crippen LogP contribution in [0.5, 0.6) is 0 Å². The van der Waals surface area contributed by atoms with Crippen LogP contribution < -0.4 is 5.32 Å². The number of amides is 1. The molecule has 0 unspecified atom stereocenters. The highest BCUT2D eigenvalue weighted by atomic mass is 35.5. The van der Waals surface area contributed by atoms with E-state index >= 15 is 0 Å². The fourth-order valence-corrected chi connectivity index (χ4v) is 4.08. The topological polar surface area (TPSA) is 75.6 Å². The molecule has 168 valence electrons. The van der Waals surface area contributed by atoms with E-state index in [0.29, 0.717) is 35.3 Å². The van der Waals surface area contributed by atoms with Crippen LogP contribution in [0.25, 0.3) is 22.5 Å². The molecule has 8 heteroatoms. The van der Waals surface area contributed by atoms with E-state index in [1.54, 1.807) is 11.9 Å². The highest BCUT2D eigenvalue weighted by molar-refractivity contribution is 6.30. The Labute approximate surface area is 197 Å². The number of hydrogen-bond acceptors (Lipinski definition) is 5. The number of carbonyl (C=O) groups is 1. The molecule has 1 saturated heterocycles. The molecule has 2 aromatic carbocycles. The van der Waals surface area contributed by atoms with Gasteiger partial charge in [-0.15, -0.1) is 5.01 Å². The predicted molar refractivity (Wildman–Crippen MR) is 127 cm³/mol. The first-order chi connectivity index (χ1) is 15.9. The van der Waals surface area contributed by atoms with Gasteiger partial charge in [0.2, 0.25) is 5.91 Å². The molecule has 1 aliphatic rings. The standard InChI is InChI=1S/C25H24ClN5O2/c1-16(24(32)28-22-12-17(2)31(15-22)27-3)11-18-7-9-20(10-8-18)25-29-23(30-33-25)14-19-5-4-6-21(26)13-19/h4-11,13,17,22H,12,14-15H2,1-2H3,(H,28,32)/b16-11+/t17-,22-/m1/s1. The summed E-state index contributed by atoms with van der Waals surface area (Å²) in [4.78, 5) is 20.5. The van der Waals surface area contributed by atoms with Gasteiger partial charge >= 0.3 is 0 Å². The van der Waals surface area contributed by atoms with Crippen LogP contribution in [0.15, 0.2) is 58.6 Å². The molecule has 2 heterocycles. The minimum atomic E-state index is -0.120. The van der Waals surface area contributed by atoms with Gasteiger partial charge in [0.1, 0.15) is 6.54 Å². The van der Waals surface area contributed by atoms with Gasteiger partial charge in [0.15, 0.2) is 5.82 Å². The van der Waals surface area contributed by atoms with Crippen LogP contribution in [0.4, 0.5) is 0 Å². The minimum Gasteiger partial charge on any atom is -0.347 e. The minimum absolute atomic E-state index is 0.00837. The number of rotatable bonds is 6. The van der Waals surface area contributed by atoms with Crippen LogP contribution in [-0.2, 0) is 11.2 Å². The Morgan fingerprint density at radius 2 is 2.12 bits per heavy atom. The lowest BCUT2D eigenvalue weighted by Gasteiger charge is -2.11. The lowest BCUT2D eigenvalue weighted by Crippen LogP contribution is -2.36. The van der Waals surface area contributed by atoms with Crippen molar-refractivity contribution in [3.63, 3.8) is 0 Å². The number of carbonyl (C=O) groups excluding carboxylic acids is 1. The molecule has 0 saturated carbocycles. The smallest absolute Gasteiger partial charge is 0.257 e. The Balaban J connectivity index is 1.38. The second-order valence-corrected chi connectivity index (χ2v) is 8.69. The second kappa shape index (κ2) is 9.88. The summed E-state index contributed by atoms with van der Waals surface area (Å²) >= 11 is 6.04. The first kappa shape index (κ1) is 22.6. The van der Waals surface area contributed by atoms with Crippen molar-refractivity contribution in [2.24, 2.45) is 0 Å². The SMILES string of the molecule is [C-]#[N+]N1C[C@H](NC(=O)/C(C)=C/c2ccc(-c3nc(Cc4cccc(Cl)c4)no3)cc2)C[C@H]1C. The molecule has 0 aliphatic carbocycles. The maximum Gasteiger partial charge on any atom is 0.257 e. The maximum atomic E-state index is 12.6. The molecule has 3 aromatic rings. The number of aromatic nitrogens is 2. The largest absolute Gasteiger partial charge is 0.347 e. The molecule has 1 fully saturated rings. The summed E-state index contributed by atoms with van der Waals surface area (Å²) in [7, 11) is 0. The van der Waals surface area contributed by atoms with E-state index in [9.17, 15) is 4.79 Å².